The lowest BCUT2D eigenvalue weighted by atomic mass is 9.92. The number of aromatic nitrogens is 3. The number of hydrogen-bond acceptors (Lipinski definition) is 6. The molecule has 0 aliphatic carbocycles. The summed E-state index contributed by atoms with van der Waals surface area (Å²) in [6.45, 7) is 1.01. The lowest BCUT2D eigenvalue weighted by molar-refractivity contribution is -0.137. The summed E-state index contributed by atoms with van der Waals surface area (Å²) in [5.41, 5.74) is 3.34. The quantitative estimate of drug-likeness (QED) is 0.552. The second-order valence-corrected chi connectivity index (χ2v) is 7.59. The van der Waals surface area contributed by atoms with Crippen LogP contribution in [0.15, 0.2) is 24.5 Å². The molecule has 0 amide bonds. The molecule has 156 valence electrons. The maximum atomic E-state index is 11.2. The molecule has 0 aromatic carbocycles. The van der Waals surface area contributed by atoms with Crippen LogP contribution in [0.5, 0.6) is 6.01 Å². The van der Waals surface area contributed by atoms with Crippen molar-refractivity contribution in [1.82, 2.24) is 15.0 Å². The van der Waals surface area contributed by atoms with Crippen LogP contribution < -0.4 is 10.1 Å². The van der Waals surface area contributed by atoms with Gasteiger partial charge in [0.25, 0.3) is 0 Å². The van der Waals surface area contributed by atoms with E-state index in [1.54, 1.807) is 12.4 Å². The molecule has 0 spiro atoms. The molecule has 3 rings (SSSR count). The lowest BCUT2D eigenvalue weighted by Crippen LogP contribution is -2.13. The molecule has 0 fully saturated rings. The third kappa shape index (κ3) is 6.41. The number of hydrogen-bond donors (Lipinski definition) is 2. The molecule has 1 unspecified atom stereocenters. The van der Waals surface area contributed by atoms with E-state index >= 15 is 0 Å². The highest BCUT2D eigenvalue weighted by Gasteiger charge is 2.16. The number of pyridine rings is 1. The number of carbonyl (C=O) groups is 1. The monoisotopic (exact) mass is 398 g/mol. The minimum atomic E-state index is -0.794. The Kier molecular flexibility index (Phi) is 7.78. The van der Waals surface area contributed by atoms with Crippen LogP contribution in [0.25, 0.3) is 0 Å². The number of rotatable bonds is 11. The van der Waals surface area contributed by atoms with Crippen LogP contribution in [0, 0.1) is 0 Å². The molecule has 0 saturated carbocycles. The van der Waals surface area contributed by atoms with Crippen molar-refractivity contribution in [2.45, 2.75) is 63.7 Å². The van der Waals surface area contributed by atoms with Gasteiger partial charge < -0.3 is 15.2 Å². The van der Waals surface area contributed by atoms with E-state index in [1.165, 1.54) is 19.1 Å². The van der Waals surface area contributed by atoms with Gasteiger partial charge in [0.15, 0.2) is 0 Å². The van der Waals surface area contributed by atoms with E-state index in [2.05, 4.69) is 27.4 Å². The van der Waals surface area contributed by atoms with Gasteiger partial charge in [-0.1, -0.05) is 25.3 Å². The van der Waals surface area contributed by atoms with Gasteiger partial charge in [-0.15, -0.1) is 0 Å². The van der Waals surface area contributed by atoms with Gasteiger partial charge in [-0.05, 0) is 55.2 Å². The van der Waals surface area contributed by atoms with Crippen LogP contribution in [0.2, 0.25) is 0 Å². The molecule has 1 aliphatic rings. The van der Waals surface area contributed by atoms with E-state index in [1.807, 2.05) is 0 Å². The number of carboxylic acid groups (broad SMARTS) is 1. The molecule has 1 aliphatic heterocycles. The highest BCUT2D eigenvalue weighted by atomic mass is 16.5. The number of aliphatic carboxylic acids is 1. The summed E-state index contributed by atoms with van der Waals surface area (Å²) in [4.78, 5) is 24.2. The van der Waals surface area contributed by atoms with Crippen molar-refractivity contribution >= 4 is 11.8 Å². The third-order valence-electron chi connectivity index (χ3n) is 5.41. The van der Waals surface area contributed by atoms with E-state index in [9.17, 15) is 9.90 Å². The minimum absolute atomic E-state index is 0.0632. The van der Waals surface area contributed by atoms with Crippen LogP contribution in [-0.2, 0) is 17.6 Å². The molecule has 7 nitrogen and oxygen atoms in total. The first-order chi connectivity index (χ1) is 14.2. The fourth-order valence-corrected chi connectivity index (χ4v) is 3.80. The van der Waals surface area contributed by atoms with Crippen molar-refractivity contribution in [2.24, 2.45) is 0 Å². The van der Waals surface area contributed by atoms with E-state index in [0.29, 0.717) is 6.01 Å². The van der Waals surface area contributed by atoms with Crippen molar-refractivity contribution in [3.63, 3.8) is 0 Å². The van der Waals surface area contributed by atoms with Gasteiger partial charge in [0.2, 0.25) is 0 Å². The summed E-state index contributed by atoms with van der Waals surface area (Å²) >= 11 is 0. The fourth-order valence-electron chi connectivity index (χ4n) is 3.80. The minimum Gasteiger partial charge on any atom is -0.481 e. The van der Waals surface area contributed by atoms with Crippen molar-refractivity contribution in [3.05, 3.63) is 41.3 Å². The molecule has 0 radical (unpaired) electrons. The number of methoxy groups -OCH3 is 1. The summed E-state index contributed by atoms with van der Waals surface area (Å²) in [6.07, 6.45) is 11.8. The van der Waals surface area contributed by atoms with Gasteiger partial charge in [0, 0.05) is 24.6 Å². The molecule has 29 heavy (non-hydrogen) atoms. The Morgan fingerprint density at radius 1 is 1.21 bits per heavy atom. The maximum Gasteiger partial charge on any atom is 0.316 e. The summed E-state index contributed by atoms with van der Waals surface area (Å²) in [5.74, 6) is 0.205. The molecular formula is C22H30N4O3. The van der Waals surface area contributed by atoms with Crippen molar-refractivity contribution in [3.8, 4) is 6.01 Å². The highest BCUT2D eigenvalue weighted by molar-refractivity contribution is 5.68. The van der Waals surface area contributed by atoms with Crippen LogP contribution in [0.3, 0.4) is 0 Å². The van der Waals surface area contributed by atoms with E-state index < -0.39 is 5.97 Å². The first-order valence-electron chi connectivity index (χ1n) is 10.5. The molecule has 2 aromatic heterocycles. The maximum absolute atomic E-state index is 11.2. The van der Waals surface area contributed by atoms with Crippen LogP contribution >= 0.6 is 0 Å². The van der Waals surface area contributed by atoms with Gasteiger partial charge in [-0.2, -0.15) is 0 Å². The molecule has 2 aromatic rings. The zero-order chi connectivity index (χ0) is 20.5. The topological polar surface area (TPSA) is 97.2 Å². The number of carboxylic acids is 1. The van der Waals surface area contributed by atoms with Gasteiger partial charge >= 0.3 is 12.0 Å². The molecule has 7 heteroatoms. The van der Waals surface area contributed by atoms with Gasteiger partial charge in [0.1, 0.15) is 5.82 Å². The summed E-state index contributed by atoms with van der Waals surface area (Å²) in [7, 11) is 1.51. The smallest absolute Gasteiger partial charge is 0.316 e. The zero-order valence-electron chi connectivity index (χ0n) is 17.1. The van der Waals surface area contributed by atoms with Crippen LogP contribution in [0.1, 0.15) is 67.7 Å². The molecule has 1 atom stereocenters. The Balaban J connectivity index is 1.41. The first-order valence-corrected chi connectivity index (χ1v) is 10.5. The summed E-state index contributed by atoms with van der Waals surface area (Å²) in [5, 5.41) is 12.6. The van der Waals surface area contributed by atoms with Gasteiger partial charge in [-0.3, -0.25) is 4.79 Å². The molecule has 0 bridgehead atoms. The van der Waals surface area contributed by atoms with Crippen molar-refractivity contribution < 1.29 is 14.6 Å². The third-order valence-corrected chi connectivity index (χ3v) is 5.41. The zero-order valence-corrected chi connectivity index (χ0v) is 17.1. The summed E-state index contributed by atoms with van der Waals surface area (Å²) in [6, 6.07) is 4.66. The Morgan fingerprint density at radius 2 is 2.00 bits per heavy atom. The lowest BCUT2D eigenvalue weighted by Gasteiger charge is -2.17. The predicted molar refractivity (Wildman–Crippen MR) is 111 cm³/mol. The Bertz CT molecular complexity index is 795. The molecule has 3 heterocycles. The second-order valence-electron chi connectivity index (χ2n) is 7.59. The average Bonchev–Trinajstić information content (AvgIpc) is 2.75. The number of ether oxygens (including phenoxy) is 1. The number of aryl methyl sites for hydroxylation is 2. The Labute approximate surface area is 172 Å². The number of anilines is 1. The number of nitrogens with zero attached hydrogens (tertiary/aromatic N) is 3. The summed E-state index contributed by atoms with van der Waals surface area (Å²) < 4.78 is 4.97. The van der Waals surface area contributed by atoms with Crippen molar-refractivity contribution in [1.29, 1.82) is 0 Å². The number of fused-ring (bicyclic) bond motifs is 1. The van der Waals surface area contributed by atoms with E-state index in [-0.39, 0.29) is 12.3 Å². The Hall–Kier alpha value is -2.70. The predicted octanol–water partition coefficient (Wildman–Crippen LogP) is 3.99. The van der Waals surface area contributed by atoms with E-state index in [4.69, 9.17) is 9.72 Å². The van der Waals surface area contributed by atoms with Crippen molar-refractivity contribution in [2.75, 3.05) is 19.0 Å². The average molecular weight is 399 g/mol. The molecule has 2 N–H and O–H groups in total. The standard InChI is InChI=1S/C22H30N4O3/c1-29-22-24-14-18(15-25-22)17(13-20(27)28)7-4-2-3-5-9-19-11-10-16-8-6-12-23-21(16)26-19/h10-11,14-15,17H,2-9,12-13H2,1H3,(H,23,26)(H,27,28). The highest BCUT2D eigenvalue weighted by Crippen LogP contribution is 2.26. The normalized spacial score (nSPS) is 14.0. The largest absolute Gasteiger partial charge is 0.481 e. The first kappa shape index (κ1) is 21.0. The molecular weight excluding hydrogens is 368 g/mol. The molecule has 0 saturated heterocycles. The SMILES string of the molecule is COc1ncc(C(CCCCCCc2ccc3c(n2)NCCC3)CC(=O)O)cn1. The van der Waals surface area contributed by atoms with Gasteiger partial charge in [0.05, 0.1) is 13.5 Å². The van der Waals surface area contributed by atoms with Crippen LogP contribution in [0.4, 0.5) is 5.82 Å². The van der Waals surface area contributed by atoms with Crippen LogP contribution in [-0.4, -0.2) is 39.7 Å². The van der Waals surface area contributed by atoms with E-state index in [0.717, 1.165) is 68.6 Å². The number of unbranched alkanes of at least 4 members (excludes halogenated alkanes) is 3. The Morgan fingerprint density at radius 3 is 2.76 bits per heavy atom. The number of nitrogens with one attached hydrogen (secondary N) is 1. The second kappa shape index (κ2) is 10.7. The fraction of sp³-hybridized carbons (Fsp3) is 0.545. The van der Waals surface area contributed by atoms with Gasteiger partial charge in [-0.25, -0.2) is 15.0 Å².